The van der Waals surface area contributed by atoms with Crippen LogP contribution in [0.25, 0.3) is 5.57 Å². The number of hydrogen-bond acceptors (Lipinski definition) is 2. The van der Waals surface area contributed by atoms with Gasteiger partial charge in [-0.15, -0.1) is 0 Å². The largest absolute Gasteiger partial charge is 0.508 e. The Hall–Kier alpha value is -2.55. The van der Waals surface area contributed by atoms with E-state index in [1.54, 1.807) is 12.1 Å². The fourth-order valence-corrected chi connectivity index (χ4v) is 2.93. The molecule has 2 aromatic rings. The van der Waals surface area contributed by atoms with Gasteiger partial charge in [-0.3, -0.25) is 4.79 Å². The van der Waals surface area contributed by atoms with Gasteiger partial charge in [-0.1, -0.05) is 54.6 Å². The van der Waals surface area contributed by atoms with Crippen LogP contribution in [0.5, 0.6) is 5.75 Å². The minimum Gasteiger partial charge on any atom is -0.508 e. The molecule has 1 aliphatic heterocycles. The standard InChI is InChI=1S/C20H21NO2/c22-19-9-5-4-8-18(19)10-11-20(23)21-14-12-17(13-15-21)16-6-2-1-3-7-16/h1-9,12,22H,10-11,13-15H2. The average molecular weight is 307 g/mol. The van der Waals surface area contributed by atoms with Crippen LogP contribution in [0, 0.1) is 0 Å². The summed E-state index contributed by atoms with van der Waals surface area (Å²) in [5.41, 5.74) is 3.39. The molecule has 118 valence electrons. The van der Waals surface area contributed by atoms with Crippen LogP contribution >= 0.6 is 0 Å². The van der Waals surface area contributed by atoms with Crippen molar-refractivity contribution in [2.45, 2.75) is 19.3 Å². The van der Waals surface area contributed by atoms with E-state index in [-0.39, 0.29) is 11.7 Å². The highest BCUT2D eigenvalue weighted by Gasteiger charge is 2.18. The molecular weight excluding hydrogens is 286 g/mol. The number of benzene rings is 2. The maximum atomic E-state index is 12.3. The molecule has 3 rings (SSSR count). The van der Waals surface area contributed by atoms with Crippen LogP contribution in [-0.4, -0.2) is 29.0 Å². The van der Waals surface area contributed by atoms with Crippen molar-refractivity contribution in [3.63, 3.8) is 0 Å². The summed E-state index contributed by atoms with van der Waals surface area (Å²) in [6, 6.07) is 17.5. The van der Waals surface area contributed by atoms with Gasteiger partial charge in [-0.05, 0) is 35.6 Å². The SMILES string of the molecule is O=C(CCc1ccccc1O)N1CC=C(c2ccccc2)CC1. The Labute approximate surface area is 136 Å². The maximum absolute atomic E-state index is 12.3. The summed E-state index contributed by atoms with van der Waals surface area (Å²) in [5, 5.41) is 9.76. The molecule has 3 nitrogen and oxygen atoms in total. The van der Waals surface area contributed by atoms with E-state index in [1.165, 1.54) is 11.1 Å². The lowest BCUT2D eigenvalue weighted by atomic mass is 9.99. The van der Waals surface area contributed by atoms with Crippen molar-refractivity contribution < 1.29 is 9.90 Å². The van der Waals surface area contributed by atoms with Crippen molar-refractivity contribution in [2.24, 2.45) is 0 Å². The number of rotatable bonds is 4. The number of hydrogen-bond donors (Lipinski definition) is 1. The number of phenolic OH excluding ortho intramolecular Hbond substituents is 1. The van der Waals surface area contributed by atoms with E-state index in [4.69, 9.17) is 0 Å². The highest BCUT2D eigenvalue weighted by molar-refractivity contribution is 5.78. The maximum Gasteiger partial charge on any atom is 0.223 e. The van der Waals surface area contributed by atoms with Crippen molar-refractivity contribution in [1.29, 1.82) is 0 Å². The van der Waals surface area contributed by atoms with Crippen LogP contribution in [0.3, 0.4) is 0 Å². The van der Waals surface area contributed by atoms with Crippen LogP contribution in [0.15, 0.2) is 60.7 Å². The summed E-state index contributed by atoms with van der Waals surface area (Å²) < 4.78 is 0. The number of para-hydroxylation sites is 1. The Morgan fingerprint density at radius 1 is 1.04 bits per heavy atom. The van der Waals surface area contributed by atoms with E-state index in [9.17, 15) is 9.90 Å². The Kier molecular flexibility index (Phi) is 4.77. The van der Waals surface area contributed by atoms with E-state index >= 15 is 0 Å². The van der Waals surface area contributed by atoms with Gasteiger partial charge in [0.15, 0.2) is 0 Å². The number of aromatic hydroxyl groups is 1. The number of carbonyl (C=O) groups is 1. The number of phenols is 1. The van der Waals surface area contributed by atoms with E-state index < -0.39 is 0 Å². The van der Waals surface area contributed by atoms with Crippen LogP contribution in [0.1, 0.15) is 24.0 Å². The lowest BCUT2D eigenvalue weighted by molar-refractivity contribution is -0.130. The number of aryl methyl sites for hydroxylation is 1. The Morgan fingerprint density at radius 2 is 1.78 bits per heavy atom. The third-order valence-corrected chi connectivity index (χ3v) is 4.31. The van der Waals surface area contributed by atoms with E-state index in [2.05, 4.69) is 18.2 Å². The van der Waals surface area contributed by atoms with Crippen molar-refractivity contribution in [3.05, 3.63) is 71.8 Å². The molecule has 0 atom stereocenters. The Bertz CT molecular complexity index is 707. The number of amides is 1. The topological polar surface area (TPSA) is 40.5 Å². The van der Waals surface area contributed by atoms with Gasteiger partial charge in [0.2, 0.25) is 5.91 Å². The Morgan fingerprint density at radius 3 is 2.48 bits per heavy atom. The van der Waals surface area contributed by atoms with Crippen molar-refractivity contribution in [3.8, 4) is 5.75 Å². The highest BCUT2D eigenvalue weighted by atomic mass is 16.3. The number of nitrogens with zero attached hydrogens (tertiary/aromatic N) is 1. The molecule has 0 unspecified atom stereocenters. The van der Waals surface area contributed by atoms with Crippen LogP contribution < -0.4 is 0 Å². The minimum atomic E-state index is 0.150. The van der Waals surface area contributed by atoms with E-state index in [1.807, 2.05) is 35.2 Å². The average Bonchev–Trinajstić information content (AvgIpc) is 2.62. The highest BCUT2D eigenvalue weighted by Crippen LogP contribution is 2.23. The van der Waals surface area contributed by atoms with Crippen molar-refractivity contribution in [2.75, 3.05) is 13.1 Å². The molecule has 23 heavy (non-hydrogen) atoms. The summed E-state index contributed by atoms with van der Waals surface area (Å²) in [6.07, 6.45) is 4.06. The first kappa shape index (κ1) is 15.3. The second-order valence-electron chi connectivity index (χ2n) is 5.81. The molecule has 0 bridgehead atoms. The van der Waals surface area contributed by atoms with Crippen LogP contribution in [0.4, 0.5) is 0 Å². The predicted octanol–water partition coefficient (Wildman–Crippen LogP) is 3.64. The first-order valence-corrected chi connectivity index (χ1v) is 8.03. The molecule has 1 heterocycles. The summed E-state index contributed by atoms with van der Waals surface area (Å²) in [7, 11) is 0. The molecule has 0 saturated heterocycles. The molecule has 1 aliphatic rings. The van der Waals surface area contributed by atoms with Crippen molar-refractivity contribution >= 4 is 11.5 Å². The van der Waals surface area contributed by atoms with Crippen molar-refractivity contribution in [1.82, 2.24) is 4.90 Å². The minimum absolute atomic E-state index is 0.150. The predicted molar refractivity (Wildman–Crippen MR) is 92.0 cm³/mol. The fourth-order valence-electron chi connectivity index (χ4n) is 2.93. The third kappa shape index (κ3) is 3.81. The zero-order valence-corrected chi connectivity index (χ0v) is 13.1. The molecule has 0 aromatic heterocycles. The van der Waals surface area contributed by atoms with Crippen LogP contribution in [0.2, 0.25) is 0 Å². The molecule has 1 N–H and O–H groups in total. The quantitative estimate of drug-likeness (QED) is 0.937. The molecule has 0 aliphatic carbocycles. The van der Waals surface area contributed by atoms with E-state index in [0.29, 0.717) is 19.4 Å². The van der Waals surface area contributed by atoms with Gasteiger partial charge in [0.05, 0.1) is 0 Å². The summed E-state index contributed by atoms with van der Waals surface area (Å²) >= 11 is 0. The van der Waals surface area contributed by atoms with Gasteiger partial charge in [0, 0.05) is 19.5 Å². The zero-order valence-electron chi connectivity index (χ0n) is 13.1. The molecule has 1 amide bonds. The number of carbonyl (C=O) groups excluding carboxylic acids is 1. The van der Waals surface area contributed by atoms with Gasteiger partial charge in [0.25, 0.3) is 0 Å². The molecule has 0 radical (unpaired) electrons. The summed E-state index contributed by atoms with van der Waals surface area (Å²) in [5.74, 6) is 0.418. The molecule has 0 spiro atoms. The summed E-state index contributed by atoms with van der Waals surface area (Å²) in [6.45, 7) is 1.43. The summed E-state index contributed by atoms with van der Waals surface area (Å²) in [4.78, 5) is 14.2. The zero-order chi connectivity index (χ0) is 16.1. The Balaban J connectivity index is 1.56. The molecular formula is C20H21NO2. The second kappa shape index (κ2) is 7.14. The third-order valence-electron chi connectivity index (χ3n) is 4.31. The lowest BCUT2D eigenvalue weighted by Gasteiger charge is -2.27. The molecule has 3 heteroatoms. The first-order valence-electron chi connectivity index (χ1n) is 8.03. The molecule has 0 saturated carbocycles. The van der Waals surface area contributed by atoms with Gasteiger partial charge >= 0.3 is 0 Å². The monoisotopic (exact) mass is 307 g/mol. The van der Waals surface area contributed by atoms with Crippen LogP contribution in [-0.2, 0) is 11.2 Å². The smallest absolute Gasteiger partial charge is 0.223 e. The van der Waals surface area contributed by atoms with Gasteiger partial charge in [-0.25, -0.2) is 0 Å². The van der Waals surface area contributed by atoms with Gasteiger partial charge in [-0.2, -0.15) is 0 Å². The second-order valence-corrected chi connectivity index (χ2v) is 5.81. The van der Waals surface area contributed by atoms with Gasteiger partial charge < -0.3 is 10.0 Å². The van der Waals surface area contributed by atoms with Gasteiger partial charge in [0.1, 0.15) is 5.75 Å². The molecule has 0 fully saturated rings. The normalized spacial score (nSPS) is 14.4. The van der Waals surface area contributed by atoms with E-state index in [0.717, 1.165) is 18.5 Å². The fraction of sp³-hybridized carbons (Fsp3) is 0.250. The first-order chi connectivity index (χ1) is 11.2. The lowest BCUT2D eigenvalue weighted by Crippen LogP contribution is -2.34. The molecule has 2 aromatic carbocycles.